The summed E-state index contributed by atoms with van der Waals surface area (Å²) < 4.78 is 5.84. The molecule has 1 amide bonds. The summed E-state index contributed by atoms with van der Waals surface area (Å²) in [5.74, 6) is 1.18. The molecule has 0 bridgehead atoms. The van der Waals surface area contributed by atoms with E-state index in [0.717, 1.165) is 73.5 Å². The molecule has 2 unspecified atom stereocenters. The summed E-state index contributed by atoms with van der Waals surface area (Å²) in [6.45, 7) is 12.5. The van der Waals surface area contributed by atoms with E-state index < -0.39 is 0 Å². The Hall–Kier alpha value is -2.00. The van der Waals surface area contributed by atoms with E-state index in [4.69, 9.17) is 4.74 Å². The number of nitrogens with zero attached hydrogens (tertiary/aromatic N) is 1. The summed E-state index contributed by atoms with van der Waals surface area (Å²) in [5.41, 5.74) is 5.02. The molecule has 2 aromatic rings. The summed E-state index contributed by atoms with van der Waals surface area (Å²) in [6.07, 6.45) is 5.90. The lowest BCUT2D eigenvalue weighted by Gasteiger charge is -2.49. The third-order valence-corrected chi connectivity index (χ3v) is 9.93. The van der Waals surface area contributed by atoms with Gasteiger partial charge in [-0.25, -0.2) is 0 Å². The van der Waals surface area contributed by atoms with Crippen LogP contribution >= 0.6 is 11.3 Å². The molecule has 4 atom stereocenters. The van der Waals surface area contributed by atoms with Crippen LogP contribution in [0.4, 0.5) is 0 Å². The maximum atomic E-state index is 12.9. The number of fused-ring (bicyclic) bond motifs is 1. The van der Waals surface area contributed by atoms with Gasteiger partial charge in [0, 0.05) is 48.4 Å². The van der Waals surface area contributed by atoms with Crippen molar-refractivity contribution in [3.63, 3.8) is 0 Å². The van der Waals surface area contributed by atoms with Crippen molar-refractivity contribution < 1.29 is 9.53 Å². The highest BCUT2D eigenvalue weighted by atomic mass is 32.1. The monoisotopic (exact) mass is 526 g/mol. The zero-order valence-corrected chi connectivity index (χ0v) is 23.5. The summed E-state index contributed by atoms with van der Waals surface area (Å²) >= 11 is 1.70. The summed E-state index contributed by atoms with van der Waals surface area (Å²) in [4.78, 5) is 32.0. The normalized spacial score (nSPS) is 26.5. The van der Waals surface area contributed by atoms with Crippen LogP contribution in [-0.4, -0.2) is 60.7 Å². The third-order valence-electron chi connectivity index (χ3n) is 8.72. The van der Waals surface area contributed by atoms with Gasteiger partial charge in [-0.3, -0.25) is 14.5 Å². The number of amides is 1. The Kier molecular flexibility index (Phi) is 8.19. The maximum Gasteiger partial charge on any atom is 0.252 e. The third kappa shape index (κ3) is 5.72. The molecule has 1 saturated heterocycles. The van der Waals surface area contributed by atoms with Gasteiger partial charge in [0.15, 0.2) is 0 Å². The predicted octanol–water partition coefficient (Wildman–Crippen LogP) is 3.87. The molecule has 0 aromatic carbocycles. The minimum atomic E-state index is 0.0620. The molecule has 2 aromatic heterocycles. The number of hydrogen-bond donors (Lipinski definition) is 3. The van der Waals surface area contributed by atoms with Crippen LogP contribution in [0.3, 0.4) is 0 Å². The van der Waals surface area contributed by atoms with Gasteiger partial charge in [-0.05, 0) is 101 Å². The fraction of sp³-hybridized carbons (Fsp3) is 0.655. The number of aromatic amines is 1. The van der Waals surface area contributed by atoms with E-state index in [1.54, 1.807) is 11.3 Å². The zero-order chi connectivity index (χ0) is 26.1. The Labute approximate surface area is 224 Å². The van der Waals surface area contributed by atoms with Crippen molar-refractivity contribution in [3.05, 3.63) is 54.6 Å². The predicted molar refractivity (Wildman–Crippen MR) is 149 cm³/mol. The van der Waals surface area contributed by atoms with Gasteiger partial charge in [0.2, 0.25) is 0 Å². The van der Waals surface area contributed by atoms with Gasteiger partial charge in [0.05, 0.1) is 17.7 Å². The van der Waals surface area contributed by atoms with E-state index in [1.807, 2.05) is 13.8 Å². The molecule has 0 spiro atoms. The number of carbonyl (C=O) groups is 1. The van der Waals surface area contributed by atoms with Gasteiger partial charge in [-0.1, -0.05) is 0 Å². The second-order valence-electron chi connectivity index (χ2n) is 11.3. The van der Waals surface area contributed by atoms with Gasteiger partial charge in [-0.2, -0.15) is 0 Å². The minimum Gasteiger partial charge on any atom is -0.376 e. The molecule has 1 aliphatic carbocycles. The molecule has 37 heavy (non-hydrogen) atoms. The smallest absolute Gasteiger partial charge is 0.252 e. The highest BCUT2D eigenvalue weighted by Crippen LogP contribution is 2.38. The Morgan fingerprint density at radius 1 is 1.16 bits per heavy atom. The molecule has 202 valence electrons. The number of nitrogens with one attached hydrogen (secondary N) is 3. The molecule has 3 N–H and O–H groups in total. The highest BCUT2D eigenvalue weighted by molar-refractivity contribution is 7.10. The topological polar surface area (TPSA) is 86.5 Å². The maximum absolute atomic E-state index is 12.9. The second kappa shape index (κ2) is 11.4. The van der Waals surface area contributed by atoms with E-state index in [1.165, 1.54) is 17.7 Å². The Morgan fingerprint density at radius 3 is 2.73 bits per heavy atom. The first-order valence-electron chi connectivity index (χ1n) is 14.0. The highest BCUT2D eigenvalue weighted by Gasteiger charge is 2.40. The average Bonchev–Trinajstić information content (AvgIpc) is 3.23. The molecule has 2 fully saturated rings. The van der Waals surface area contributed by atoms with Gasteiger partial charge in [0.25, 0.3) is 11.5 Å². The minimum absolute atomic E-state index is 0.0620. The first kappa shape index (κ1) is 26.6. The number of aryl methyl sites for hydroxylation is 3. The molecule has 2 aliphatic heterocycles. The van der Waals surface area contributed by atoms with Crippen molar-refractivity contribution in [2.24, 2.45) is 11.8 Å². The molecule has 4 heterocycles. The van der Waals surface area contributed by atoms with E-state index in [2.05, 4.69) is 45.8 Å². The fourth-order valence-corrected chi connectivity index (χ4v) is 7.92. The molecular formula is C29H42N4O3S. The van der Waals surface area contributed by atoms with E-state index >= 15 is 0 Å². The van der Waals surface area contributed by atoms with Crippen molar-refractivity contribution in [3.8, 4) is 0 Å². The Bertz CT molecular complexity index is 1170. The van der Waals surface area contributed by atoms with Gasteiger partial charge in [0.1, 0.15) is 0 Å². The number of rotatable bonds is 9. The van der Waals surface area contributed by atoms with Crippen LogP contribution in [-0.2, 0) is 11.2 Å². The zero-order valence-electron chi connectivity index (χ0n) is 22.7. The average molecular weight is 527 g/mol. The van der Waals surface area contributed by atoms with E-state index in [-0.39, 0.29) is 17.5 Å². The molecule has 0 radical (unpaired) electrons. The number of thiophene rings is 1. The standard InChI is InChI=1S/C29H42N4O3S/c1-5-36-22-14-33(15-22)25-7-6-20(11-21(25)12-23-17(2)10-19(4)32-28(23)34)8-9-30-24-13-31-29(35)26-18(3)16-37-27(24)26/h10,16,20-22,24-25,30H,5-9,11-15H2,1-4H3,(H,31,35)(H,32,34)/t20-,21?,24?,25+/m1/s1. The lowest BCUT2D eigenvalue weighted by atomic mass is 9.72. The fourth-order valence-electron chi connectivity index (χ4n) is 6.80. The number of ether oxygens (including phenoxy) is 1. The summed E-state index contributed by atoms with van der Waals surface area (Å²) in [5, 5.41) is 8.88. The Balaban J connectivity index is 1.23. The molecule has 7 nitrogen and oxygen atoms in total. The number of hydrogen-bond acceptors (Lipinski definition) is 6. The van der Waals surface area contributed by atoms with Crippen LogP contribution in [0, 0.1) is 32.6 Å². The van der Waals surface area contributed by atoms with Crippen molar-refractivity contribution in [1.82, 2.24) is 20.5 Å². The molecule has 1 saturated carbocycles. The summed E-state index contributed by atoms with van der Waals surface area (Å²) in [7, 11) is 0. The van der Waals surface area contributed by atoms with Crippen LogP contribution in [0.1, 0.15) is 76.3 Å². The largest absolute Gasteiger partial charge is 0.376 e. The molecule has 3 aliphatic rings. The Morgan fingerprint density at radius 2 is 1.97 bits per heavy atom. The van der Waals surface area contributed by atoms with Crippen LogP contribution in [0.2, 0.25) is 0 Å². The lowest BCUT2D eigenvalue weighted by molar-refractivity contribution is -0.0873. The first-order chi connectivity index (χ1) is 17.8. The number of likely N-dealkylation sites (tertiary alicyclic amines) is 1. The van der Waals surface area contributed by atoms with E-state index in [9.17, 15) is 9.59 Å². The second-order valence-corrected chi connectivity index (χ2v) is 12.3. The molecule has 5 rings (SSSR count). The van der Waals surface area contributed by atoms with Gasteiger partial charge >= 0.3 is 0 Å². The lowest BCUT2D eigenvalue weighted by Crippen LogP contribution is -2.59. The van der Waals surface area contributed by atoms with Gasteiger partial charge in [-0.15, -0.1) is 11.3 Å². The van der Waals surface area contributed by atoms with Crippen molar-refractivity contribution in [2.75, 3.05) is 32.8 Å². The quantitative estimate of drug-likeness (QED) is 0.462. The first-order valence-corrected chi connectivity index (χ1v) is 14.9. The number of H-pyrrole nitrogens is 1. The van der Waals surface area contributed by atoms with Crippen LogP contribution in [0.15, 0.2) is 16.2 Å². The summed E-state index contributed by atoms with van der Waals surface area (Å²) in [6, 6.07) is 2.82. The van der Waals surface area contributed by atoms with Crippen LogP contribution < -0.4 is 16.2 Å². The molecular weight excluding hydrogens is 484 g/mol. The molecule has 8 heteroatoms. The SMILES string of the molecule is CCOC1CN([C@H]2CC[C@H](CCNC3CNC(=O)c4c(C)csc43)CC2Cc2c(C)cc(C)[nH]c2=O)C1. The van der Waals surface area contributed by atoms with Crippen molar-refractivity contribution >= 4 is 17.2 Å². The van der Waals surface area contributed by atoms with Crippen LogP contribution in [0.25, 0.3) is 0 Å². The van der Waals surface area contributed by atoms with Crippen molar-refractivity contribution in [2.45, 2.75) is 78.0 Å². The van der Waals surface area contributed by atoms with Crippen LogP contribution in [0.5, 0.6) is 0 Å². The number of pyridine rings is 1. The van der Waals surface area contributed by atoms with Gasteiger partial charge < -0.3 is 20.4 Å². The van der Waals surface area contributed by atoms with Crippen molar-refractivity contribution in [1.29, 1.82) is 0 Å². The van der Waals surface area contributed by atoms with E-state index in [0.29, 0.717) is 30.5 Å². The number of aromatic nitrogens is 1. The number of carbonyl (C=O) groups excluding carboxylic acids is 1.